The molecule has 0 aliphatic rings. The number of aromatic nitrogens is 2. The Morgan fingerprint density at radius 2 is 1.78 bits per heavy atom. The molecule has 0 spiro atoms. The number of aliphatic carboxylic acids is 1. The number of fused-ring (bicyclic) bond motifs is 1. The van der Waals surface area contributed by atoms with Crippen molar-refractivity contribution in [3.8, 4) is 22.5 Å². The average Bonchev–Trinajstić information content (AvgIpc) is 3.22. The van der Waals surface area contributed by atoms with E-state index in [9.17, 15) is 4.79 Å². The predicted octanol–water partition coefficient (Wildman–Crippen LogP) is 6.26. The van der Waals surface area contributed by atoms with Gasteiger partial charge in [-0.15, -0.1) is 0 Å². The van der Waals surface area contributed by atoms with E-state index in [1.54, 1.807) is 0 Å². The second-order valence-electron chi connectivity index (χ2n) is 7.53. The van der Waals surface area contributed by atoms with Gasteiger partial charge in [0.05, 0.1) is 5.39 Å². The van der Waals surface area contributed by atoms with Gasteiger partial charge in [-0.2, -0.15) is 0 Å². The molecule has 2 N–H and O–H groups in total. The predicted molar refractivity (Wildman–Crippen MR) is 127 cm³/mol. The van der Waals surface area contributed by atoms with Crippen LogP contribution in [0.1, 0.15) is 31.2 Å². The van der Waals surface area contributed by atoms with Crippen LogP contribution < -0.4 is 5.32 Å². The molecule has 0 unspecified atom stereocenters. The van der Waals surface area contributed by atoms with Gasteiger partial charge in [0.25, 0.3) is 0 Å². The van der Waals surface area contributed by atoms with E-state index in [0.717, 1.165) is 46.2 Å². The third-order valence-electron chi connectivity index (χ3n) is 5.32. The minimum atomic E-state index is -0.755. The van der Waals surface area contributed by atoms with E-state index >= 15 is 0 Å². The number of nitrogens with one attached hydrogen (secondary N) is 1. The van der Waals surface area contributed by atoms with Crippen LogP contribution in [0.2, 0.25) is 0 Å². The second kappa shape index (κ2) is 9.92. The summed E-state index contributed by atoms with van der Waals surface area (Å²) < 4.78 is 6.23. The summed E-state index contributed by atoms with van der Waals surface area (Å²) in [5.74, 6) is 0.702. The van der Waals surface area contributed by atoms with Gasteiger partial charge in [0.1, 0.15) is 17.9 Å². The maximum Gasteiger partial charge on any atom is 0.303 e. The van der Waals surface area contributed by atoms with Crippen molar-refractivity contribution >= 4 is 29.0 Å². The molecular weight excluding hydrogens is 402 g/mol. The molecule has 32 heavy (non-hydrogen) atoms. The molecule has 2 heterocycles. The van der Waals surface area contributed by atoms with Crippen LogP contribution in [0.4, 0.5) is 5.82 Å². The van der Waals surface area contributed by atoms with Crippen molar-refractivity contribution in [1.29, 1.82) is 0 Å². The number of benzene rings is 2. The molecule has 0 radical (unpaired) electrons. The van der Waals surface area contributed by atoms with Gasteiger partial charge in [-0.3, -0.25) is 4.79 Å². The molecule has 0 saturated heterocycles. The van der Waals surface area contributed by atoms with Gasteiger partial charge in [-0.05, 0) is 24.0 Å². The molecule has 6 heteroatoms. The van der Waals surface area contributed by atoms with Gasteiger partial charge in [0.2, 0.25) is 5.71 Å². The number of anilines is 1. The highest BCUT2D eigenvalue weighted by Crippen LogP contribution is 2.42. The first-order chi connectivity index (χ1) is 15.7. The minimum absolute atomic E-state index is 0.199. The maximum absolute atomic E-state index is 10.7. The van der Waals surface area contributed by atoms with Gasteiger partial charge in [-0.25, -0.2) is 9.97 Å². The first kappa shape index (κ1) is 21.3. The lowest BCUT2D eigenvalue weighted by atomic mass is 9.98. The van der Waals surface area contributed by atoms with Crippen molar-refractivity contribution in [3.63, 3.8) is 0 Å². The highest BCUT2D eigenvalue weighted by Gasteiger charge is 2.21. The normalized spacial score (nSPS) is 10.9. The molecule has 0 fully saturated rings. The zero-order valence-electron chi connectivity index (χ0n) is 17.8. The van der Waals surface area contributed by atoms with Crippen LogP contribution in [-0.4, -0.2) is 27.6 Å². The Morgan fingerprint density at radius 1 is 1.00 bits per heavy atom. The van der Waals surface area contributed by atoms with Crippen molar-refractivity contribution in [1.82, 2.24) is 9.97 Å². The quantitative estimate of drug-likeness (QED) is 0.291. The summed E-state index contributed by atoms with van der Waals surface area (Å²) >= 11 is 0. The van der Waals surface area contributed by atoms with Gasteiger partial charge in [0.15, 0.2) is 0 Å². The van der Waals surface area contributed by atoms with Crippen molar-refractivity contribution in [2.75, 3.05) is 11.9 Å². The standard InChI is InChI=1S/C26H25N3O3/c1-2-18-12-14-19(15-13-18)22-23-25(27-16-8-4-7-11-21(30)31)28-17-29-26(23)32-24(22)20-9-5-3-6-10-20/h2-3,5-6,9-10,12-15,17H,1,4,7-8,11,16H2,(H,30,31)(H,27,28,29). The largest absolute Gasteiger partial charge is 0.481 e. The fourth-order valence-corrected chi connectivity index (χ4v) is 3.71. The molecule has 0 amide bonds. The molecule has 0 bridgehead atoms. The van der Waals surface area contributed by atoms with Crippen LogP contribution in [0.25, 0.3) is 39.6 Å². The smallest absolute Gasteiger partial charge is 0.303 e. The van der Waals surface area contributed by atoms with E-state index in [-0.39, 0.29) is 6.42 Å². The van der Waals surface area contributed by atoms with Crippen LogP contribution >= 0.6 is 0 Å². The zero-order chi connectivity index (χ0) is 22.3. The highest BCUT2D eigenvalue weighted by atomic mass is 16.4. The summed E-state index contributed by atoms with van der Waals surface area (Å²) in [5, 5.41) is 13.0. The Hall–Kier alpha value is -3.93. The van der Waals surface area contributed by atoms with E-state index in [2.05, 4.69) is 34.0 Å². The fraction of sp³-hybridized carbons (Fsp3) is 0.192. The summed E-state index contributed by atoms with van der Waals surface area (Å²) in [6.07, 6.45) is 5.87. The van der Waals surface area contributed by atoms with Crippen molar-refractivity contribution in [2.24, 2.45) is 0 Å². The topological polar surface area (TPSA) is 88.3 Å². The van der Waals surface area contributed by atoms with E-state index in [4.69, 9.17) is 9.52 Å². The molecule has 2 aromatic heterocycles. The first-order valence-corrected chi connectivity index (χ1v) is 10.7. The molecule has 6 nitrogen and oxygen atoms in total. The Morgan fingerprint density at radius 3 is 2.50 bits per heavy atom. The Balaban J connectivity index is 1.71. The number of carboxylic acid groups (broad SMARTS) is 1. The van der Waals surface area contributed by atoms with Crippen LogP contribution in [0.5, 0.6) is 0 Å². The molecule has 4 aromatic rings. The number of carbonyl (C=O) groups is 1. The summed E-state index contributed by atoms with van der Waals surface area (Å²) in [5.41, 5.74) is 4.48. The van der Waals surface area contributed by atoms with E-state index in [1.807, 2.05) is 48.5 Å². The monoisotopic (exact) mass is 427 g/mol. The van der Waals surface area contributed by atoms with Gasteiger partial charge in [-0.1, -0.05) is 73.7 Å². The van der Waals surface area contributed by atoms with E-state index < -0.39 is 5.97 Å². The summed E-state index contributed by atoms with van der Waals surface area (Å²) in [6, 6.07) is 18.1. The highest BCUT2D eigenvalue weighted by molar-refractivity contribution is 6.05. The molecule has 162 valence electrons. The lowest BCUT2D eigenvalue weighted by Crippen LogP contribution is -2.04. The van der Waals surface area contributed by atoms with E-state index in [0.29, 0.717) is 24.5 Å². The van der Waals surface area contributed by atoms with Crippen LogP contribution in [-0.2, 0) is 4.79 Å². The number of carboxylic acids is 1. The van der Waals surface area contributed by atoms with Gasteiger partial charge in [0, 0.05) is 24.1 Å². The van der Waals surface area contributed by atoms with Crippen LogP contribution in [0.15, 0.2) is 71.9 Å². The molecule has 0 saturated carbocycles. The average molecular weight is 428 g/mol. The van der Waals surface area contributed by atoms with Crippen molar-refractivity contribution < 1.29 is 14.3 Å². The number of unbranched alkanes of at least 4 members (excludes halogenated alkanes) is 2. The molecule has 0 atom stereocenters. The van der Waals surface area contributed by atoms with Gasteiger partial charge >= 0.3 is 5.97 Å². The number of hydrogen-bond acceptors (Lipinski definition) is 5. The number of nitrogens with zero attached hydrogens (tertiary/aromatic N) is 2. The summed E-state index contributed by atoms with van der Waals surface area (Å²) in [7, 11) is 0. The Labute approximate surface area is 186 Å². The fourth-order valence-electron chi connectivity index (χ4n) is 3.71. The molecule has 0 aliphatic heterocycles. The molecule has 4 rings (SSSR count). The number of hydrogen-bond donors (Lipinski definition) is 2. The third-order valence-corrected chi connectivity index (χ3v) is 5.32. The Bertz CT molecular complexity index is 1210. The maximum atomic E-state index is 10.7. The lowest BCUT2D eigenvalue weighted by Gasteiger charge is -2.09. The SMILES string of the molecule is C=Cc1ccc(-c2c(-c3ccccc3)oc3ncnc(NCCCCCC(=O)O)c23)cc1. The zero-order valence-corrected chi connectivity index (χ0v) is 17.8. The Kier molecular flexibility index (Phi) is 6.60. The van der Waals surface area contributed by atoms with Crippen LogP contribution in [0.3, 0.4) is 0 Å². The summed E-state index contributed by atoms with van der Waals surface area (Å²) in [6.45, 7) is 4.52. The summed E-state index contributed by atoms with van der Waals surface area (Å²) in [4.78, 5) is 19.6. The molecular formula is C26H25N3O3. The second-order valence-corrected chi connectivity index (χ2v) is 7.53. The number of rotatable bonds is 10. The third kappa shape index (κ3) is 4.70. The molecule has 0 aliphatic carbocycles. The van der Waals surface area contributed by atoms with Crippen LogP contribution in [0, 0.1) is 0 Å². The van der Waals surface area contributed by atoms with E-state index in [1.165, 1.54) is 6.33 Å². The van der Waals surface area contributed by atoms with Gasteiger partial charge < -0.3 is 14.8 Å². The number of furan rings is 1. The van der Waals surface area contributed by atoms with Crippen molar-refractivity contribution in [3.05, 3.63) is 73.1 Å². The first-order valence-electron chi connectivity index (χ1n) is 10.7. The van der Waals surface area contributed by atoms with Crippen molar-refractivity contribution in [2.45, 2.75) is 25.7 Å². The lowest BCUT2D eigenvalue weighted by molar-refractivity contribution is -0.137. The molecule has 2 aromatic carbocycles. The minimum Gasteiger partial charge on any atom is -0.481 e.